The van der Waals surface area contributed by atoms with Gasteiger partial charge < -0.3 is 9.84 Å². The number of rotatable bonds is 3. The number of ketones is 1. The molecule has 1 N–H and O–H groups in total. The zero-order valence-electron chi connectivity index (χ0n) is 20.4. The maximum Gasteiger partial charge on any atom is 0.301 e. The van der Waals surface area contributed by atoms with Crippen LogP contribution in [0, 0.1) is 13.8 Å². The van der Waals surface area contributed by atoms with E-state index in [9.17, 15) is 14.7 Å². The van der Waals surface area contributed by atoms with Crippen molar-refractivity contribution in [1.29, 1.82) is 0 Å². The van der Waals surface area contributed by atoms with Gasteiger partial charge in [0.25, 0.3) is 5.78 Å². The van der Waals surface area contributed by atoms with Crippen LogP contribution in [0.15, 0.2) is 60.2 Å². The maximum atomic E-state index is 13.5. The Kier molecular flexibility index (Phi) is 5.58. The molecule has 0 aliphatic carbocycles. The quantitative estimate of drug-likeness (QED) is 0.185. The zero-order chi connectivity index (χ0) is 26.0. The average molecular weight is 531 g/mol. The second-order valence-electron chi connectivity index (χ2n) is 9.60. The number of hydrogen-bond acceptors (Lipinski definition) is 6. The molecule has 186 valence electrons. The lowest BCUT2D eigenvalue weighted by molar-refractivity contribution is -0.132. The first-order valence-electron chi connectivity index (χ1n) is 12.0. The number of nitrogens with zero attached hydrogens (tertiary/aromatic N) is 2. The number of aliphatic hydroxyl groups is 1. The van der Waals surface area contributed by atoms with Crippen LogP contribution in [-0.4, -0.2) is 27.9 Å². The molecule has 1 amide bonds. The van der Waals surface area contributed by atoms with Gasteiger partial charge in [-0.15, -0.1) is 0 Å². The third-order valence-electron chi connectivity index (χ3n) is 6.80. The Labute approximate surface area is 222 Å². The Morgan fingerprint density at radius 2 is 1.95 bits per heavy atom. The van der Waals surface area contributed by atoms with E-state index in [0.29, 0.717) is 27.7 Å². The van der Waals surface area contributed by atoms with Crippen molar-refractivity contribution in [1.82, 2.24) is 4.98 Å². The Morgan fingerprint density at radius 1 is 1.14 bits per heavy atom. The van der Waals surface area contributed by atoms with Crippen molar-refractivity contribution < 1.29 is 19.4 Å². The summed E-state index contributed by atoms with van der Waals surface area (Å²) in [7, 11) is 0. The van der Waals surface area contributed by atoms with E-state index < -0.39 is 17.7 Å². The van der Waals surface area contributed by atoms with E-state index in [0.717, 1.165) is 32.7 Å². The molecule has 0 radical (unpaired) electrons. The zero-order valence-corrected chi connectivity index (χ0v) is 22.0. The molecule has 3 aromatic carbocycles. The molecule has 1 aromatic heterocycles. The number of benzene rings is 3. The van der Waals surface area contributed by atoms with Gasteiger partial charge in [0, 0.05) is 17.0 Å². The summed E-state index contributed by atoms with van der Waals surface area (Å²) in [5, 5.41) is 12.3. The smallest absolute Gasteiger partial charge is 0.301 e. The van der Waals surface area contributed by atoms with Crippen LogP contribution in [0.5, 0.6) is 5.75 Å². The number of fused-ring (bicyclic) bond motifs is 2. The van der Waals surface area contributed by atoms with Gasteiger partial charge in [-0.25, -0.2) is 4.98 Å². The summed E-state index contributed by atoms with van der Waals surface area (Å²) in [4.78, 5) is 33.2. The van der Waals surface area contributed by atoms with E-state index in [2.05, 4.69) is 0 Å². The predicted molar refractivity (Wildman–Crippen MR) is 146 cm³/mol. The van der Waals surface area contributed by atoms with Crippen molar-refractivity contribution in [2.24, 2.45) is 0 Å². The third kappa shape index (κ3) is 3.90. The molecular formula is C29H23ClN2O4S. The Hall–Kier alpha value is -3.68. The van der Waals surface area contributed by atoms with Crippen LogP contribution in [0.2, 0.25) is 5.02 Å². The lowest BCUT2D eigenvalue weighted by atomic mass is 9.94. The summed E-state index contributed by atoms with van der Waals surface area (Å²) in [5.74, 6) is -0.977. The monoisotopic (exact) mass is 530 g/mol. The normalized spacial score (nSPS) is 20.5. The van der Waals surface area contributed by atoms with Crippen LogP contribution in [0.4, 0.5) is 5.13 Å². The van der Waals surface area contributed by atoms with E-state index in [1.54, 1.807) is 36.4 Å². The highest BCUT2D eigenvalue weighted by atomic mass is 35.5. The van der Waals surface area contributed by atoms with Crippen LogP contribution in [0.3, 0.4) is 0 Å². The summed E-state index contributed by atoms with van der Waals surface area (Å²) in [6.07, 6.45) is 0.739. The molecule has 0 spiro atoms. The van der Waals surface area contributed by atoms with E-state index in [1.165, 1.54) is 16.2 Å². The number of carbonyl (C=O) groups excluding carboxylic acids is 2. The van der Waals surface area contributed by atoms with Crippen molar-refractivity contribution in [2.75, 3.05) is 4.90 Å². The number of amides is 1. The fourth-order valence-electron chi connectivity index (χ4n) is 5.21. The average Bonchev–Trinajstić information content (AvgIpc) is 3.51. The number of thiazole rings is 1. The van der Waals surface area contributed by atoms with Gasteiger partial charge in [-0.05, 0) is 79.4 Å². The van der Waals surface area contributed by atoms with E-state index in [4.69, 9.17) is 21.3 Å². The molecule has 2 aliphatic rings. The van der Waals surface area contributed by atoms with Crippen LogP contribution in [-0.2, 0) is 16.0 Å². The molecule has 6 nitrogen and oxygen atoms in total. The highest BCUT2D eigenvalue weighted by molar-refractivity contribution is 7.22. The minimum atomic E-state index is -0.885. The molecule has 6 rings (SSSR count). The Bertz CT molecular complexity index is 1660. The minimum absolute atomic E-state index is 0.00587. The van der Waals surface area contributed by atoms with Crippen molar-refractivity contribution in [3.05, 3.63) is 93.0 Å². The number of ether oxygens (including phenoxy) is 1. The largest absolute Gasteiger partial charge is 0.507 e. The SMILES string of the molecule is Cc1cc(C)c2nc(N3C(=O)C(=O)/C(=C(\O)c4ccc5c(c4)CC(C)O5)C3c3cccc(Cl)c3)sc2c1. The van der Waals surface area contributed by atoms with Gasteiger partial charge >= 0.3 is 5.91 Å². The summed E-state index contributed by atoms with van der Waals surface area (Å²) in [6.45, 7) is 5.96. The summed E-state index contributed by atoms with van der Waals surface area (Å²) >= 11 is 7.67. The highest BCUT2D eigenvalue weighted by Crippen LogP contribution is 2.45. The lowest BCUT2D eigenvalue weighted by Gasteiger charge is -2.23. The number of aromatic nitrogens is 1. The Morgan fingerprint density at radius 3 is 2.73 bits per heavy atom. The topological polar surface area (TPSA) is 79.7 Å². The van der Waals surface area contributed by atoms with Crippen molar-refractivity contribution >= 4 is 55.7 Å². The first kappa shape index (κ1) is 23.7. The lowest BCUT2D eigenvalue weighted by Crippen LogP contribution is -2.29. The highest BCUT2D eigenvalue weighted by Gasteiger charge is 2.48. The standard InChI is InChI=1S/C29H23ClN2O4S/c1-14-9-15(2)24-22(10-14)37-29(31-24)32-25(17-5-4-6-20(30)13-17)23(27(34)28(32)35)26(33)18-7-8-21-19(12-18)11-16(3)36-21/h4-10,12-13,16,25,33H,11H2,1-3H3/b26-23-. The second-order valence-corrected chi connectivity index (χ2v) is 11.0. The van der Waals surface area contributed by atoms with Gasteiger partial charge in [0.1, 0.15) is 17.6 Å². The number of Topliss-reactive ketones (excluding diaryl/α,β-unsaturated/α-hetero) is 1. The molecule has 2 unspecified atom stereocenters. The van der Waals surface area contributed by atoms with Crippen LogP contribution >= 0.6 is 22.9 Å². The van der Waals surface area contributed by atoms with Gasteiger partial charge in [0.15, 0.2) is 5.13 Å². The third-order valence-corrected chi connectivity index (χ3v) is 8.04. The minimum Gasteiger partial charge on any atom is -0.507 e. The first-order chi connectivity index (χ1) is 17.7. The molecular weight excluding hydrogens is 508 g/mol. The molecule has 37 heavy (non-hydrogen) atoms. The van der Waals surface area contributed by atoms with Crippen LogP contribution in [0.25, 0.3) is 16.0 Å². The molecule has 1 fully saturated rings. The summed E-state index contributed by atoms with van der Waals surface area (Å²) in [5.41, 5.74) is 4.88. The maximum absolute atomic E-state index is 13.5. The van der Waals surface area contributed by atoms with E-state index >= 15 is 0 Å². The van der Waals surface area contributed by atoms with Gasteiger partial charge in [-0.2, -0.15) is 0 Å². The fraction of sp³-hybridized carbons (Fsp3) is 0.207. The number of anilines is 1. The second kappa shape index (κ2) is 8.71. The molecule has 0 bridgehead atoms. The number of carbonyl (C=O) groups is 2. The van der Waals surface area contributed by atoms with Gasteiger partial charge in [-0.3, -0.25) is 14.5 Å². The fourth-order valence-corrected chi connectivity index (χ4v) is 6.58. The predicted octanol–water partition coefficient (Wildman–Crippen LogP) is 6.52. The van der Waals surface area contributed by atoms with Gasteiger partial charge in [0.05, 0.1) is 21.8 Å². The first-order valence-corrected chi connectivity index (χ1v) is 13.1. The molecule has 2 aliphatic heterocycles. The number of aryl methyl sites for hydroxylation is 2. The number of hydrogen-bond donors (Lipinski definition) is 1. The van der Waals surface area contributed by atoms with Gasteiger partial charge in [-0.1, -0.05) is 41.1 Å². The molecule has 3 heterocycles. The van der Waals surface area contributed by atoms with E-state index in [-0.39, 0.29) is 17.4 Å². The van der Waals surface area contributed by atoms with Crippen molar-refractivity contribution in [3.8, 4) is 5.75 Å². The molecule has 4 aromatic rings. The van der Waals surface area contributed by atoms with E-state index in [1.807, 2.05) is 39.0 Å². The van der Waals surface area contributed by atoms with Crippen LogP contribution in [0.1, 0.15) is 40.8 Å². The Balaban J connectivity index is 1.55. The van der Waals surface area contributed by atoms with Crippen LogP contribution < -0.4 is 9.64 Å². The molecule has 1 saturated heterocycles. The summed E-state index contributed by atoms with van der Waals surface area (Å²) < 4.78 is 6.71. The van der Waals surface area contributed by atoms with Gasteiger partial charge in [0.2, 0.25) is 0 Å². The molecule has 2 atom stereocenters. The molecule has 0 saturated carbocycles. The number of aliphatic hydroxyl groups excluding tert-OH is 1. The number of halogens is 1. The van der Waals surface area contributed by atoms with Crippen molar-refractivity contribution in [3.63, 3.8) is 0 Å². The molecule has 8 heteroatoms. The summed E-state index contributed by atoms with van der Waals surface area (Å²) in [6, 6.07) is 15.5. The van der Waals surface area contributed by atoms with Crippen molar-refractivity contribution in [2.45, 2.75) is 39.3 Å².